The fourth-order valence-electron chi connectivity index (χ4n) is 3.34. The smallest absolute Gasteiger partial charge is 0.109 e. The second-order valence-electron chi connectivity index (χ2n) is 5.55. The van der Waals surface area contributed by atoms with Crippen LogP contribution in [0.15, 0.2) is 12.3 Å². The summed E-state index contributed by atoms with van der Waals surface area (Å²) >= 11 is 0. The van der Waals surface area contributed by atoms with E-state index < -0.39 is 5.60 Å². The SMILES string of the molecule is CCn1nccc1C1(O)CCCCC1C(C)C. The monoisotopic (exact) mass is 236 g/mol. The predicted molar refractivity (Wildman–Crippen MR) is 68.6 cm³/mol. The van der Waals surface area contributed by atoms with Crippen molar-refractivity contribution in [3.63, 3.8) is 0 Å². The van der Waals surface area contributed by atoms with E-state index in [0.717, 1.165) is 31.5 Å². The molecule has 0 radical (unpaired) electrons. The zero-order valence-corrected chi connectivity index (χ0v) is 11.2. The van der Waals surface area contributed by atoms with Crippen molar-refractivity contribution in [2.75, 3.05) is 0 Å². The van der Waals surface area contributed by atoms with E-state index in [2.05, 4.69) is 25.9 Å². The van der Waals surface area contributed by atoms with Gasteiger partial charge in [-0.2, -0.15) is 5.10 Å². The molecule has 3 nitrogen and oxygen atoms in total. The second-order valence-corrected chi connectivity index (χ2v) is 5.55. The topological polar surface area (TPSA) is 38.0 Å². The fourth-order valence-corrected chi connectivity index (χ4v) is 3.34. The molecule has 2 rings (SSSR count). The molecular weight excluding hydrogens is 212 g/mol. The average molecular weight is 236 g/mol. The van der Waals surface area contributed by atoms with Crippen molar-refractivity contribution in [3.05, 3.63) is 18.0 Å². The van der Waals surface area contributed by atoms with E-state index >= 15 is 0 Å². The van der Waals surface area contributed by atoms with Gasteiger partial charge in [0, 0.05) is 12.7 Å². The summed E-state index contributed by atoms with van der Waals surface area (Å²) < 4.78 is 1.95. The lowest BCUT2D eigenvalue weighted by Gasteiger charge is -2.42. The molecule has 0 spiro atoms. The summed E-state index contributed by atoms with van der Waals surface area (Å²) in [7, 11) is 0. The van der Waals surface area contributed by atoms with Gasteiger partial charge in [0.1, 0.15) is 5.60 Å². The van der Waals surface area contributed by atoms with E-state index in [-0.39, 0.29) is 0 Å². The summed E-state index contributed by atoms with van der Waals surface area (Å²) in [6.45, 7) is 7.34. The number of hydrogen-bond acceptors (Lipinski definition) is 2. The summed E-state index contributed by atoms with van der Waals surface area (Å²) in [5.74, 6) is 0.874. The van der Waals surface area contributed by atoms with Crippen LogP contribution < -0.4 is 0 Å². The Kier molecular flexibility index (Phi) is 3.57. The van der Waals surface area contributed by atoms with Crippen LogP contribution in [0.5, 0.6) is 0 Å². The van der Waals surface area contributed by atoms with Crippen LogP contribution in [0, 0.1) is 11.8 Å². The molecule has 0 aromatic carbocycles. The van der Waals surface area contributed by atoms with Crippen LogP contribution in [0.1, 0.15) is 52.1 Å². The zero-order valence-electron chi connectivity index (χ0n) is 11.2. The van der Waals surface area contributed by atoms with Gasteiger partial charge < -0.3 is 5.11 Å². The molecule has 1 heterocycles. The van der Waals surface area contributed by atoms with E-state index in [1.54, 1.807) is 0 Å². The molecule has 1 aliphatic carbocycles. The van der Waals surface area contributed by atoms with E-state index in [0.29, 0.717) is 11.8 Å². The number of nitrogens with zero attached hydrogens (tertiary/aromatic N) is 2. The van der Waals surface area contributed by atoms with E-state index in [4.69, 9.17) is 0 Å². The number of rotatable bonds is 3. The maximum Gasteiger partial charge on any atom is 0.109 e. The highest BCUT2D eigenvalue weighted by Crippen LogP contribution is 2.44. The van der Waals surface area contributed by atoms with Gasteiger partial charge in [-0.25, -0.2) is 0 Å². The van der Waals surface area contributed by atoms with Gasteiger partial charge in [0.25, 0.3) is 0 Å². The first-order valence-corrected chi connectivity index (χ1v) is 6.84. The normalized spacial score (nSPS) is 29.8. The summed E-state index contributed by atoms with van der Waals surface area (Å²) in [5.41, 5.74) is 0.345. The number of hydrogen-bond donors (Lipinski definition) is 1. The van der Waals surface area contributed by atoms with Crippen molar-refractivity contribution in [2.45, 2.75) is 58.6 Å². The molecule has 1 aliphatic rings. The largest absolute Gasteiger partial charge is 0.383 e. The van der Waals surface area contributed by atoms with Gasteiger partial charge in [-0.3, -0.25) is 4.68 Å². The summed E-state index contributed by atoms with van der Waals surface area (Å²) in [4.78, 5) is 0. The molecule has 1 saturated carbocycles. The molecule has 1 fully saturated rings. The van der Waals surface area contributed by atoms with Crippen LogP contribution in [-0.2, 0) is 12.1 Å². The molecule has 0 saturated heterocycles. The molecule has 1 aromatic heterocycles. The Morgan fingerprint density at radius 1 is 1.53 bits per heavy atom. The third-order valence-corrected chi connectivity index (χ3v) is 4.20. The third kappa shape index (κ3) is 2.13. The van der Waals surface area contributed by atoms with Gasteiger partial charge in [0.05, 0.1) is 5.69 Å². The quantitative estimate of drug-likeness (QED) is 0.876. The van der Waals surface area contributed by atoms with E-state index in [9.17, 15) is 5.11 Å². The first-order valence-electron chi connectivity index (χ1n) is 6.84. The van der Waals surface area contributed by atoms with Crippen LogP contribution in [0.3, 0.4) is 0 Å². The number of aryl methyl sites for hydroxylation is 1. The van der Waals surface area contributed by atoms with Gasteiger partial charge in [0.15, 0.2) is 0 Å². The molecule has 2 atom stereocenters. The molecule has 0 aliphatic heterocycles. The standard InChI is InChI=1S/C14H24N2O/c1-4-16-13(8-10-15-16)14(17)9-6-5-7-12(14)11(2)3/h8,10-12,17H,4-7,9H2,1-3H3. The lowest BCUT2D eigenvalue weighted by molar-refractivity contribution is -0.0784. The molecule has 0 amide bonds. The minimum absolute atomic E-state index is 0.359. The van der Waals surface area contributed by atoms with Crippen LogP contribution in [0.25, 0.3) is 0 Å². The Bertz CT molecular complexity index is 372. The minimum atomic E-state index is -0.668. The minimum Gasteiger partial charge on any atom is -0.383 e. The molecule has 96 valence electrons. The second kappa shape index (κ2) is 4.81. The average Bonchev–Trinajstić information content (AvgIpc) is 2.77. The van der Waals surface area contributed by atoms with Crippen molar-refractivity contribution in [2.24, 2.45) is 11.8 Å². The van der Waals surface area contributed by atoms with Crippen molar-refractivity contribution >= 4 is 0 Å². The molecule has 1 N–H and O–H groups in total. The third-order valence-electron chi connectivity index (χ3n) is 4.20. The van der Waals surface area contributed by atoms with Crippen molar-refractivity contribution in [3.8, 4) is 0 Å². The number of aliphatic hydroxyl groups is 1. The Morgan fingerprint density at radius 2 is 2.29 bits per heavy atom. The molecule has 0 bridgehead atoms. The summed E-state index contributed by atoms with van der Waals surface area (Å²) in [6.07, 6.45) is 6.17. The first kappa shape index (κ1) is 12.6. The molecular formula is C14H24N2O. The summed E-state index contributed by atoms with van der Waals surface area (Å²) in [5, 5.41) is 15.4. The molecule has 2 unspecified atom stereocenters. The van der Waals surface area contributed by atoms with Crippen molar-refractivity contribution < 1.29 is 5.11 Å². The van der Waals surface area contributed by atoms with Crippen LogP contribution in [0.4, 0.5) is 0 Å². The van der Waals surface area contributed by atoms with Gasteiger partial charge in [-0.15, -0.1) is 0 Å². The highest BCUT2D eigenvalue weighted by atomic mass is 16.3. The maximum atomic E-state index is 11.1. The van der Waals surface area contributed by atoms with Gasteiger partial charge >= 0.3 is 0 Å². The van der Waals surface area contributed by atoms with Gasteiger partial charge in [0.2, 0.25) is 0 Å². The Labute approximate surface area is 104 Å². The molecule has 1 aromatic rings. The van der Waals surface area contributed by atoms with Crippen molar-refractivity contribution in [1.29, 1.82) is 0 Å². The highest BCUT2D eigenvalue weighted by Gasteiger charge is 2.43. The predicted octanol–water partition coefficient (Wildman–Crippen LogP) is 2.94. The van der Waals surface area contributed by atoms with E-state index in [1.807, 2.05) is 16.9 Å². The van der Waals surface area contributed by atoms with E-state index in [1.165, 1.54) is 6.42 Å². The molecule has 3 heteroatoms. The summed E-state index contributed by atoms with van der Waals surface area (Å²) in [6, 6.07) is 1.99. The van der Waals surface area contributed by atoms with Crippen LogP contribution in [-0.4, -0.2) is 14.9 Å². The Balaban J connectivity index is 2.37. The van der Waals surface area contributed by atoms with Gasteiger partial charge in [-0.05, 0) is 37.7 Å². The Morgan fingerprint density at radius 3 is 2.94 bits per heavy atom. The van der Waals surface area contributed by atoms with Crippen LogP contribution >= 0.6 is 0 Å². The van der Waals surface area contributed by atoms with Gasteiger partial charge in [-0.1, -0.05) is 26.7 Å². The maximum absolute atomic E-state index is 11.1. The molecule has 17 heavy (non-hydrogen) atoms. The zero-order chi connectivity index (χ0) is 12.5. The fraction of sp³-hybridized carbons (Fsp3) is 0.786. The first-order chi connectivity index (χ1) is 8.09. The highest BCUT2D eigenvalue weighted by molar-refractivity contribution is 5.15. The van der Waals surface area contributed by atoms with Crippen molar-refractivity contribution in [1.82, 2.24) is 9.78 Å². The lowest BCUT2D eigenvalue weighted by Crippen LogP contribution is -2.42. The Hall–Kier alpha value is -0.830. The van der Waals surface area contributed by atoms with Crippen LogP contribution in [0.2, 0.25) is 0 Å². The lowest BCUT2D eigenvalue weighted by atomic mass is 9.68. The number of aromatic nitrogens is 2.